The quantitative estimate of drug-likeness (QED) is 0.835. The van der Waals surface area contributed by atoms with Crippen LogP contribution in [0, 0.1) is 0 Å². The smallest absolute Gasteiger partial charge is 0.115 e. The maximum atomic E-state index is 10.0. The van der Waals surface area contributed by atoms with Crippen molar-refractivity contribution in [3.63, 3.8) is 0 Å². The van der Waals surface area contributed by atoms with E-state index in [1.54, 1.807) is 24.3 Å². The van der Waals surface area contributed by atoms with Crippen molar-refractivity contribution in [3.05, 3.63) is 59.1 Å². The summed E-state index contributed by atoms with van der Waals surface area (Å²) in [6, 6.07) is 14.2. The summed E-state index contributed by atoms with van der Waals surface area (Å²) in [4.78, 5) is 0.943. The first kappa shape index (κ1) is 13.3. The summed E-state index contributed by atoms with van der Waals surface area (Å²) in [5.41, 5.74) is 0.703. The lowest BCUT2D eigenvalue weighted by molar-refractivity contribution is 0.203. The predicted octanol–water partition coefficient (Wildman–Crippen LogP) is 3.87. The maximum Gasteiger partial charge on any atom is 0.115 e. The number of thioether (sulfide) groups is 1. The monoisotopic (exact) mass is 280 g/mol. The summed E-state index contributed by atoms with van der Waals surface area (Å²) in [7, 11) is 0. The second kappa shape index (κ2) is 6.14. The number of aliphatic hydroxyl groups is 1. The highest BCUT2D eigenvalue weighted by Gasteiger charge is 2.09. The third kappa shape index (κ3) is 3.42. The zero-order valence-electron chi connectivity index (χ0n) is 9.58. The van der Waals surface area contributed by atoms with Gasteiger partial charge in [-0.05, 0) is 29.8 Å². The summed E-state index contributed by atoms with van der Waals surface area (Å²) in [5, 5.41) is 20.1. The molecule has 18 heavy (non-hydrogen) atoms. The van der Waals surface area contributed by atoms with Crippen molar-refractivity contribution in [1.82, 2.24) is 0 Å². The highest BCUT2D eigenvalue weighted by molar-refractivity contribution is 7.99. The Morgan fingerprint density at radius 3 is 2.61 bits per heavy atom. The van der Waals surface area contributed by atoms with E-state index in [0.717, 1.165) is 4.90 Å². The van der Waals surface area contributed by atoms with Crippen molar-refractivity contribution < 1.29 is 10.2 Å². The lowest BCUT2D eigenvalue weighted by Gasteiger charge is -2.11. The highest BCUT2D eigenvalue weighted by atomic mass is 35.5. The minimum absolute atomic E-state index is 0.161. The molecule has 0 aliphatic carbocycles. The van der Waals surface area contributed by atoms with Crippen LogP contribution in [-0.4, -0.2) is 16.0 Å². The van der Waals surface area contributed by atoms with Crippen LogP contribution in [0.3, 0.4) is 0 Å². The fourth-order valence-electron chi connectivity index (χ4n) is 1.56. The van der Waals surface area contributed by atoms with E-state index < -0.39 is 6.10 Å². The summed E-state index contributed by atoms with van der Waals surface area (Å²) in [6.45, 7) is 0. The number of aliphatic hydroxyl groups excluding tert-OH is 1. The van der Waals surface area contributed by atoms with Gasteiger partial charge in [0.05, 0.1) is 11.1 Å². The van der Waals surface area contributed by atoms with Crippen molar-refractivity contribution in [2.75, 3.05) is 5.75 Å². The normalized spacial score (nSPS) is 12.3. The standard InChI is InChI=1S/C14H13ClO2S/c15-12-6-1-2-7-14(12)18-9-13(17)10-4-3-5-11(16)8-10/h1-8,13,16-17H,9H2. The van der Waals surface area contributed by atoms with Gasteiger partial charge in [0, 0.05) is 10.6 Å². The van der Waals surface area contributed by atoms with Gasteiger partial charge in [0.15, 0.2) is 0 Å². The zero-order chi connectivity index (χ0) is 13.0. The molecule has 0 bridgehead atoms. The molecule has 0 heterocycles. The summed E-state index contributed by atoms with van der Waals surface area (Å²) in [5.74, 6) is 0.655. The fourth-order valence-corrected chi connectivity index (χ4v) is 2.77. The number of halogens is 1. The molecule has 2 aromatic rings. The van der Waals surface area contributed by atoms with Gasteiger partial charge in [0.2, 0.25) is 0 Å². The maximum absolute atomic E-state index is 10.0. The molecule has 1 atom stereocenters. The van der Waals surface area contributed by atoms with Crippen molar-refractivity contribution in [3.8, 4) is 5.75 Å². The zero-order valence-corrected chi connectivity index (χ0v) is 11.2. The Morgan fingerprint density at radius 1 is 1.11 bits per heavy atom. The number of hydrogen-bond donors (Lipinski definition) is 2. The van der Waals surface area contributed by atoms with Gasteiger partial charge in [-0.1, -0.05) is 35.9 Å². The Bertz CT molecular complexity index is 531. The van der Waals surface area contributed by atoms with Crippen molar-refractivity contribution >= 4 is 23.4 Å². The van der Waals surface area contributed by atoms with E-state index in [1.165, 1.54) is 11.8 Å². The van der Waals surface area contributed by atoms with Gasteiger partial charge in [-0.15, -0.1) is 11.8 Å². The predicted molar refractivity (Wildman–Crippen MR) is 75.2 cm³/mol. The number of aromatic hydroxyl groups is 1. The lowest BCUT2D eigenvalue weighted by Crippen LogP contribution is -2.00. The first-order valence-electron chi connectivity index (χ1n) is 5.51. The van der Waals surface area contributed by atoms with Crippen LogP contribution in [0.1, 0.15) is 11.7 Å². The average molecular weight is 281 g/mol. The molecule has 0 saturated carbocycles. The molecule has 0 fully saturated rings. The van der Waals surface area contributed by atoms with E-state index in [0.29, 0.717) is 16.3 Å². The molecule has 2 rings (SSSR count). The van der Waals surface area contributed by atoms with Crippen LogP contribution in [0.15, 0.2) is 53.4 Å². The van der Waals surface area contributed by atoms with E-state index >= 15 is 0 Å². The third-order valence-corrected chi connectivity index (χ3v) is 4.08. The largest absolute Gasteiger partial charge is 0.508 e. The fraction of sp³-hybridized carbons (Fsp3) is 0.143. The lowest BCUT2D eigenvalue weighted by atomic mass is 10.1. The molecule has 2 nitrogen and oxygen atoms in total. The Morgan fingerprint density at radius 2 is 1.89 bits per heavy atom. The van der Waals surface area contributed by atoms with Crippen LogP contribution in [0.25, 0.3) is 0 Å². The molecule has 0 spiro atoms. The molecule has 1 unspecified atom stereocenters. The molecule has 0 radical (unpaired) electrons. The molecule has 94 valence electrons. The SMILES string of the molecule is Oc1cccc(C(O)CSc2ccccc2Cl)c1. The number of rotatable bonds is 4. The van der Waals surface area contributed by atoms with Crippen LogP contribution in [-0.2, 0) is 0 Å². The summed E-state index contributed by atoms with van der Waals surface area (Å²) < 4.78 is 0. The first-order valence-corrected chi connectivity index (χ1v) is 6.87. The number of benzene rings is 2. The van der Waals surface area contributed by atoms with E-state index in [-0.39, 0.29) is 5.75 Å². The van der Waals surface area contributed by atoms with E-state index in [4.69, 9.17) is 11.6 Å². The van der Waals surface area contributed by atoms with Crippen LogP contribution in [0.4, 0.5) is 0 Å². The minimum Gasteiger partial charge on any atom is -0.508 e. The van der Waals surface area contributed by atoms with Gasteiger partial charge in [-0.3, -0.25) is 0 Å². The van der Waals surface area contributed by atoms with Gasteiger partial charge in [-0.25, -0.2) is 0 Å². The van der Waals surface area contributed by atoms with E-state index in [2.05, 4.69) is 0 Å². The topological polar surface area (TPSA) is 40.5 Å². The van der Waals surface area contributed by atoms with E-state index in [9.17, 15) is 10.2 Å². The van der Waals surface area contributed by atoms with Crippen LogP contribution >= 0.6 is 23.4 Å². The molecular formula is C14H13ClO2S. The van der Waals surface area contributed by atoms with Crippen LogP contribution in [0.5, 0.6) is 5.75 Å². The van der Waals surface area contributed by atoms with Gasteiger partial charge in [0.25, 0.3) is 0 Å². The molecule has 0 aliphatic heterocycles. The third-order valence-electron chi connectivity index (χ3n) is 2.49. The Balaban J connectivity index is 2.00. The summed E-state index contributed by atoms with van der Waals surface area (Å²) in [6.07, 6.45) is -0.627. The molecule has 0 amide bonds. The Kier molecular flexibility index (Phi) is 4.53. The molecule has 0 saturated heterocycles. The van der Waals surface area contributed by atoms with Crippen molar-refractivity contribution in [2.45, 2.75) is 11.0 Å². The van der Waals surface area contributed by atoms with Gasteiger partial charge >= 0.3 is 0 Å². The second-order valence-corrected chi connectivity index (χ2v) is 5.32. The molecule has 2 aromatic carbocycles. The van der Waals surface area contributed by atoms with E-state index in [1.807, 2.05) is 24.3 Å². The van der Waals surface area contributed by atoms with Crippen molar-refractivity contribution in [2.24, 2.45) is 0 Å². The Labute approximate surface area is 115 Å². The number of phenols is 1. The van der Waals surface area contributed by atoms with Crippen LogP contribution < -0.4 is 0 Å². The molecule has 2 N–H and O–H groups in total. The minimum atomic E-state index is -0.627. The summed E-state index contributed by atoms with van der Waals surface area (Å²) >= 11 is 7.53. The first-order chi connectivity index (χ1) is 8.66. The molecule has 0 aliphatic rings. The molecular weight excluding hydrogens is 268 g/mol. The molecule has 0 aromatic heterocycles. The van der Waals surface area contributed by atoms with Gasteiger partial charge in [-0.2, -0.15) is 0 Å². The van der Waals surface area contributed by atoms with Crippen LogP contribution in [0.2, 0.25) is 5.02 Å². The Hall–Kier alpha value is -1.16. The van der Waals surface area contributed by atoms with Gasteiger partial charge in [0.1, 0.15) is 5.75 Å². The second-order valence-electron chi connectivity index (χ2n) is 3.85. The van der Waals surface area contributed by atoms with Crippen molar-refractivity contribution in [1.29, 1.82) is 0 Å². The van der Waals surface area contributed by atoms with Gasteiger partial charge < -0.3 is 10.2 Å². The highest BCUT2D eigenvalue weighted by Crippen LogP contribution is 2.30. The average Bonchev–Trinajstić information content (AvgIpc) is 2.37. The number of phenolic OH excluding ortho intramolecular Hbond substituents is 1. The number of hydrogen-bond acceptors (Lipinski definition) is 3. The molecule has 4 heteroatoms.